The lowest BCUT2D eigenvalue weighted by Crippen LogP contribution is -2.58. The van der Waals surface area contributed by atoms with E-state index in [9.17, 15) is 18.0 Å². The molecule has 0 spiro atoms. The standard InChI is InChI=1S/C16H20F3N3O2/c17-16(18,19)14(22-7-5-20-6-8-22)10-21-15(23)13-9-11-3-1-2-4-12(11)24-13/h1-4,13-14,20H,5-10H2,(H,21,23). The molecule has 2 atom stereocenters. The molecule has 1 aromatic carbocycles. The van der Waals surface area contributed by atoms with Gasteiger partial charge in [-0.2, -0.15) is 13.2 Å². The molecule has 0 saturated carbocycles. The topological polar surface area (TPSA) is 53.6 Å². The Balaban J connectivity index is 1.57. The Labute approximate surface area is 138 Å². The molecule has 5 nitrogen and oxygen atoms in total. The lowest BCUT2D eigenvalue weighted by Gasteiger charge is -2.36. The molecule has 132 valence electrons. The molecule has 2 N–H and O–H groups in total. The van der Waals surface area contributed by atoms with Gasteiger partial charge in [-0.15, -0.1) is 0 Å². The van der Waals surface area contributed by atoms with Crippen molar-refractivity contribution in [3.8, 4) is 5.75 Å². The fourth-order valence-electron chi connectivity index (χ4n) is 3.09. The average Bonchev–Trinajstić information content (AvgIpc) is 2.99. The molecule has 2 aliphatic heterocycles. The second kappa shape index (κ2) is 6.98. The first kappa shape index (κ1) is 17.0. The van der Waals surface area contributed by atoms with E-state index in [4.69, 9.17) is 4.74 Å². The summed E-state index contributed by atoms with van der Waals surface area (Å²) in [7, 11) is 0. The van der Waals surface area contributed by atoms with Gasteiger partial charge in [-0.05, 0) is 11.6 Å². The quantitative estimate of drug-likeness (QED) is 0.855. The van der Waals surface area contributed by atoms with Gasteiger partial charge < -0.3 is 15.4 Å². The molecule has 1 aromatic rings. The summed E-state index contributed by atoms with van der Waals surface area (Å²) in [6, 6.07) is 5.56. The largest absolute Gasteiger partial charge is 0.480 e. The van der Waals surface area contributed by atoms with Crippen LogP contribution in [0, 0.1) is 0 Å². The van der Waals surface area contributed by atoms with Crippen LogP contribution in [0.3, 0.4) is 0 Å². The molecule has 3 rings (SSSR count). The number of halogens is 3. The van der Waals surface area contributed by atoms with Crippen LogP contribution in [0.4, 0.5) is 13.2 Å². The highest BCUT2D eigenvalue weighted by Crippen LogP contribution is 2.28. The Hall–Kier alpha value is -1.80. The Morgan fingerprint density at radius 1 is 1.33 bits per heavy atom. The second-order valence-corrected chi connectivity index (χ2v) is 6.01. The smallest absolute Gasteiger partial charge is 0.405 e. The van der Waals surface area contributed by atoms with Gasteiger partial charge in [-0.25, -0.2) is 0 Å². The maximum atomic E-state index is 13.3. The summed E-state index contributed by atoms with van der Waals surface area (Å²) >= 11 is 0. The summed E-state index contributed by atoms with van der Waals surface area (Å²) in [5.41, 5.74) is 0.895. The number of fused-ring (bicyclic) bond motifs is 1. The first-order valence-corrected chi connectivity index (χ1v) is 7.99. The van der Waals surface area contributed by atoms with E-state index in [1.54, 1.807) is 12.1 Å². The molecule has 0 bridgehead atoms. The van der Waals surface area contributed by atoms with Crippen LogP contribution in [0.2, 0.25) is 0 Å². The van der Waals surface area contributed by atoms with Crippen LogP contribution in [0.25, 0.3) is 0 Å². The Bertz CT molecular complexity index is 563. The summed E-state index contributed by atoms with van der Waals surface area (Å²) < 4.78 is 45.4. The Kier molecular flexibility index (Phi) is 4.96. The predicted molar refractivity (Wildman–Crippen MR) is 81.9 cm³/mol. The van der Waals surface area contributed by atoms with E-state index in [0.717, 1.165) is 5.56 Å². The number of carbonyl (C=O) groups is 1. The van der Waals surface area contributed by atoms with Gasteiger partial charge in [0.05, 0.1) is 0 Å². The zero-order valence-corrected chi connectivity index (χ0v) is 13.1. The summed E-state index contributed by atoms with van der Waals surface area (Å²) in [5.74, 6) is 0.114. The molecule has 2 unspecified atom stereocenters. The third-order valence-electron chi connectivity index (χ3n) is 4.38. The number of benzene rings is 1. The number of hydrogen-bond donors (Lipinski definition) is 2. The predicted octanol–water partition coefficient (Wildman–Crippen LogP) is 0.942. The van der Waals surface area contributed by atoms with Crippen molar-refractivity contribution >= 4 is 5.91 Å². The van der Waals surface area contributed by atoms with Gasteiger partial charge in [-0.3, -0.25) is 9.69 Å². The molecule has 0 aliphatic carbocycles. The SMILES string of the molecule is O=C(NCC(N1CCNCC1)C(F)(F)F)C1Cc2ccccc2O1. The number of piperazine rings is 1. The highest BCUT2D eigenvalue weighted by Gasteiger charge is 2.44. The molecule has 0 aromatic heterocycles. The van der Waals surface area contributed by atoms with Crippen molar-refractivity contribution in [1.29, 1.82) is 0 Å². The maximum Gasteiger partial charge on any atom is 0.405 e. The molecule has 1 saturated heterocycles. The van der Waals surface area contributed by atoms with Crippen molar-refractivity contribution in [3.63, 3.8) is 0 Å². The third kappa shape index (κ3) is 3.81. The van der Waals surface area contributed by atoms with Crippen LogP contribution in [0.1, 0.15) is 5.56 Å². The van der Waals surface area contributed by atoms with E-state index in [1.807, 2.05) is 12.1 Å². The summed E-state index contributed by atoms with van der Waals surface area (Å²) in [6.07, 6.45) is -4.77. The number of hydrogen-bond acceptors (Lipinski definition) is 4. The first-order valence-electron chi connectivity index (χ1n) is 7.99. The molecule has 2 aliphatic rings. The van der Waals surface area contributed by atoms with E-state index >= 15 is 0 Å². The van der Waals surface area contributed by atoms with Crippen molar-refractivity contribution in [2.24, 2.45) is 0 Å². The number of nitrogens with one attached hydrogen (secondary N) is 2. The van der Waals surface area contributed by atoms with E-state index in [-0.39, 0.29) is 0 Å². The summed E-state index contributed by atoms with van der Waals surface area (Å²) in [6.45, 7) is 1.19. The van der Waals surface area contributed by atoms with Crippen molar-refractivity contribution in [3.05, 3.63) is 29.8 Å². The Morgan fingerprint density at radius 3 is 2.71 bits per heavy atom. The maximum absolute atomic E-state index is 13.3. The minimum atomic E-state index is -4.38. The van der Waals surface area contributed by atoms with Gasteiger partial charge in [0.2, 0.25) is 0 Å². The van der Waals surface area contributed by atoms with E-state index in [0.29, 0.717) is 38.3 Å². The highest BCUT2D eigenvalue weighted by atomic mass is 19.4. The van der Waals surface area contributed by atoms with Crippen molar-refractivity contribution in [1.82, 2.24) is 15.5 Å². The molecule has 1 fully saturated rings. The van der Waals surface area contributed by atoms with Crippen molar-refractivity contribution < 1.29 is 22.7 Å². The van der Waals surface area contributed by atoms with Gasteiger partial charge in [0.25, 0.3) is 5.91 Å². The monoisotopic (exact) mass is 343 g/mol. The molecule has 24 heavy (non-hydrogen) atoms. The molecule has 0 radical (unpaired) electrons. The van der Waals surface area contributed by atoms with Crippen LogP contribution in [0.5, 0.6) is 5.75 Å². The number of carbonyl (C=O) groups excluding carboxylic acids is 1. The average molecular weight is 343 g/mol. The number of amides is 1. The van der Waals surface area contributed by atoms with Gasteiger partial charge in [0.15, 0.2) is 6.10 Å². The lowest BCUT2D eigenvalue weighted by atomic mass is 10.1. The van der Waals surface area contributed by atoms with Crippen LogP contribution in [0.15, 0.2) is 24.3 Å². The highest BCUT2D eigenvalue weighted by molar-refractivity contribution is 5.82. The number of rotatable bonds is 4. The lowest BCUT2D eigenvalue weighted by molar-refractivity contribution is -0.184. The van der Waals surface area contributed by atoms with E-state index in [2.05, 4.69) is 10.6 Å². The normalized spacial score (nSPS) is 22.5. The van der Waals surface area contributed by atoms with E-state index < -0.39 is 30.8 Å². The van der Waals surface area contributed by atoms with Crippen LogP contribution in [-0.4, -0.2) is 61.9 Å². The molecule has 2 heterocycles. The van der Waals surface area contributed by atoms with Gasteiger partial charge in [-0.1, -0.05) is 18.2 Å². The van der Waals surface area contributed by atoms with Gasteiger partial charge in [0, 0.05) is 39.1 Å². The zero-order chi connectivity index (χ0) is 17.2. The number of alkyl halides is 3. The number of ether oxygens (including phenoxy) is 1. The second-order valence-electron chi connectivity index (χ2n) is 6.01. The fraction of sp³-hybridized carbons (Fsp3) is 0.562. The van der Waals surface area contributed by atoms with Crippen LogP contribution >= 0.6 is 0 Å². The first-order chi connectivity index (χ1) is 11.4. The van der Waals surface area contributed by atoms with Crippen LogP contribution in [-0.2, 0) is 11.2 Å². The zero-order valence-electron chi connectivity index (χ0n) is 13.1. The van der Waals surface area contributed by atoms with Gasteiger partial charge in [0.1, 0.15) is 11.8 Å². The molecule has 1 amide bonds. The van der Waals surface area contributed by atoms with Gasteiger partial charge >= 0.3 is 6.18 Å². The van der Waals surface area contributed by atoms with E-state index in [1.165, 1.54) is 4.90 Å². The van der Waals surface area contributed by atoms with Crippen molar-refractivity contribution in [2.75, 3.05) is 32.7 Å². The molecule has 8 heteroatoms. The minimum Gasteiger partial charge on any atom is -0.480 e. The number of nitrogens with zero attached hydrogens (tertiary/aromatic N) is 1. The summed E-state index contributed by atoms with van der Waals surface area (Å²) in [5, 5.41) is 5.44. The third-order valence-corrected chi connectivity index (χ3v) is 4.38. The van der Waals surface area contributed by atoms with Crippen LogP contribution < -0.4 is 15.4 Å². The van der Waals surface area contributed by atoms with Crippen molar-refractivity contribution in [2.45, 2.75) is 24.7 Å². The summed E-state index contributed by atoms with van der Waals surface area (Å²) in [4.78, 5) is 13.6. The molecular formula is C16H20F3N3O2. The minimum absolute atomic E-state index is 0.311. The Morgan fingerprint density at radius 2 is 2.04 bits per heavy atom. The molecular weight excluding hydrogens is 323 g/mol. The number of para-hydroxylation sites is 1. The fourth-order valence-corrected chi connectivity index (χ4v) is 3.09.